The fourth-order valence-electron chi connectivity index (χ4n) is 4.80. The van der Waals surface area contributed by atoms with E-state index in [1.54, 1.807) is 6.20 Å². The number of rotatable bonds is 11. The van der Waals surface area contributed by atoms with E-state index in [0.717, 1.165) is 41.4 Å². The van der Waals surface area contributed by atoms with E-state index < -0.39 is 0 Å². The molecule has 5 nitrogen and oxygen atoms in total. The number of allylic oxidation sites excluding steroid dienone is 3. The van der Waals surface area contributed by atoms with Crippen molar-refractivity contribution in [2.24, 2.45) is 18.7 Å². The van der Waals surface area contributed by atoms with E-state index in [2.05, 4.69) is 74.7 Å². The standard InChI is InChI=1S/C26H36ClN5.2C4H10/c1-19(26(29-2)25-17-30-18-32(25)4)24-16-21(27)9-10-23(24)22(8-6-5-7-13-28)20-11-14-31(3)15-12-20;2*1-3-4-2/h5-7,9-10,13,16-18,20,22,26,29H,1,8,11-12,14-15,28H2,2-4H3;2*3-4H2,1-2H3/b6-5-,13-7-;;. The third-order valence-corrected chi connectivity index (χ3v) is 7.86. The van der Waals surface area contributed by atoms with E-state index in [0.29, 0.717) is 11.8 Å². The molecule has 1 saturated heterocycles. The second-order valence-corrected chi connectivity index (χ2v) is 11.1. The summed E-state index contributed by atoms with van der Waals surface area (Å²) in [5, 5.41) is 4.16. The number of likely N-dealkylation sites (N-methyl/N-ethyl adjacent to an activating group) is 1. The average molecular weight is 570 g/mol. The Labute approximate surface area is 250 Å². The van der Waals surface area contributed by atoms with Gasteiger partial charge in [0.25, 0.3) is 0 Å². The second-order valence-electron chi connectivity index (χ2n) is 10.7. The fourth-order valence-corrected chi connectivity index (χ4v) is 4.98. The Morgan fingerprint density at radius 3 is 2.23 bits per heavy atom. The number of aromatic nitrogens is 2. The predicted molar refractivity (Wildman–Crippen MR) is 177 cm³/mol. The minimum absolute atomic E-state index is 0.0476. The van der Waals surface area contributed by atoms with Gasteiger partial charge in [-0.15, -0.1) is 0 Å². The summed E-state index contributed by atoms with van der Waals surface area (Å²) in [7, 11) is 6.18. The maximum atomic E-state index is 6.50. The smallest absolute Gasteiger partial charge is 0.0946 e. The largest absolute Gasteiger partial charge is 0.405 e. The molecule has 3 N–H and O–H groups in total. The summed E-state index contributed by atoms with van der Waals surface area (Å²) in [5.74, 6) is 0.995. The molecule has 2 aromatic rings. The highest BCUT2D eigenvalue weighted by molar-refractivity contribution is 6.30. The number of likely N-dealkylation sites (tertiary alicyclic amines) is 1. The number of aryl methyl sites for hydroxylation is 1. The first-order chi connectivity index (χ1) is 19.3. The Morgan fingerprint density at radius 1 is 1.10 bits per heavy atom. The maximum Gasteiger partial charge on any atom is 0.0946 e. The molecule has 1 aromatic carbocycles. The summed E-state index contributed by atoms with van der Waals surface area (Å²) >= 11 is 6.50. The first kappa shape index (κ1) is 35.7. The molecule has 1 fully saturated rings. The monoisotopic (exact) mass is 569 g/mol. The second kappa shape index (κ2) is 20.5. The molecule has 40 heavy (non-hydrogen) atoms. The van der Waals surface area contributed by atoms with Gasteiger partial charge < -0.3 is 20.5 Å². The van der Waals surface area contributed by atoms with Crippen molar-refractivity contribution >= 4 is 17.2 Å². The van der Waals surface area contributed by atoms with Crippen LogP contribution in [-0.2, 0) is 7.05 Å². The van der Waals surface area contributed by atoms with Crippen LogP contribution in [0.5, 0.6) is 0 Å². The number of nitrogens with one attached hydrogen (secondary N) is 1. The number of piperidine rings is 1. The minimum Gasteiger partial charge on any atom is -0.405 e. The molecule has 2 unspecified atom stereocenters. The summed E-state index contributed by atoms with van der Waals surface area (Å²) in [4.78, 5) is 6.72. The van der Waals surface area contributed by atoms with Gasteiger partial charge in [0, 0.05) is 12.1 Å². The van der Waals surface area contributed by atoms with Crippen LogP contribution in [0.15, 0.2) is 61.7 Å². The number of hydrogen-bond acceptors (Lipinski definition) is 4. The number of nitrogens with zero attached hydrogens (tertiary/aromatic N) is 3. The van der Waals surface area contributed by atoms with Gasteiger partial charge in [0.1, 0.15) is 0 Å². The van der Waals surface area contributed by atoms with E-state index in [1.165, 1.54) is 44.1 Å². The third-order valence-electron chi connectivity index (χ3n) is 7.63. The van der Waals surface area contributed by atoms with Crippen LogP contribution in [-0.4, -0.2) is 41.6 Å². The van der Waals surface area contributed by atoms with Crippen molar-refractivity contribution in [3.8, 4) is 0 Å². The van der Waals surface area contributed by atoms with Crippen molar-refractivity contribution in [2.45, 2.75) is 84.6 Å². The normalized spacial score (nSPS) is 15.8. The highest BCUT2D eigenvalue weighted by atomic mass is 35.5. The van der Waals surface area contributed by atoms with Gasteiger partial charge in [0.15, 0.2) is 0 Å². The topological polar surface area (TPSA) is 59.1 Å². The summed E-state index contributed by atoms with van der Waals surface area (Å²) in [6, 6.07) is 6.24. The Bertz CT molecular complexity index is 1010. The highest BCUT2D eigenvalue weighted by Gasteiger charge is 2.29. The van der Waals surface area contributed by atoms with Crippen molar-refractivity contribution in [3.63, 3.8) is 0 Å². The molecule has 0 aliphatic carbocycles. The molecule has 224 valence electrons. The highest BCUT2D eigenvalue weighted by Crippen LogP contribution is 2.41. The molecular weight excluding hydrogens is 514 g/mol. The molecule has 2 heterocycles. The van der Waals surface area contributed by atoms with Gasteiger partial charge in [-0.05, 0) is 99.4 Å². The van der Waals surface area contributed by atoms with E-state index >= 15 is 0 Å². The lowest BCUT2D eigenvalue weighted by Gasteiger charge is -2.36. The quantitative estimate of drug-likeness (QED) is 0.266. The van der Waals surface area contributed by atoms with Crippen LogP contribution < -0.4 is 11.1 Å². The van der Waals surface area contributed by atoms with E-state index in [-0.39, 0.29) is 6.04 Å². The van der Waals surface area contributed by atoms with Crippen LogP contribution in [0, 0.1) is 5.92 Å². The van der Waals surface area contributed by atoms with Crippen molar-refractivity contribution in [3.05, 3.63) is 83.6 Å². The summed E-state index contributed by atoms with van der Waals surface area (Å²) in [6.07, 6.45) is 20.0. The Hall–Kier alpha value is -2.34. The van der Waals surface area contributed by atoms with Gasteiger partial charge in [-0.25, -0.2) is 4.98 Å². The Kier molecular flexibility index (Phi) is 18.3. The van der Waals surface area contributed by atoms with Gasteiger partial charge in [-0.2, -0.15) is 0 Å². The van der Waals surface area contributed by atoms with E-state index in [9.17, 15) is 0 Å². The van der Waals surface area contributed by atoms with Crippen LogP contribution in [0.4, 0.5) is 0 Å². The first-order valence-corrected chi connectivity index (χ1v) is 15.5. The van der Waals surface area contributed by atoms with Crippen molar-refractivity contribution in [1.29, 1.82) is 0 Å². The predicted octanol–water partition coefficient (Wildman–Crippen LogP) is 8.50. The molecule has 1 aromatic heterocycles. The molecular formula is C34H56ClN5. The van der Waals surface area contributed by atoms with Gasteiger partial charge in [0.2, 0.25) is 0 Å². The molecule has 0 spiro atoms. The van der Waals surface area contributed by atoms with Gasteiger partial charge in [-0.1, -0.05) is 89.8 Å². The van der Waals surface area contributed by atoms with Crippen molar-refractivity contribution in [2.75, 3.05) is 27.2 Å². The zero-order valence-electron chi connectivity index (χ0n) is 26.3. The van der Waals surface area contributed by atoms with Crippen LogP contribution in [0.2, 0.25) is 5.02 Å². The number of imidazole rings is 1. The zero-order valence-corrected chi connectivity index (χ0v) is 27.1. The molecule has 0 bridgehead atoms. The van der Waals surface area contributed by atoms with Crippen LogP contribution in [0.3, 0.4) is 0 Å². The zero-order chi connectivity index (χ0) is 29.9. The average Bonchev–Trinajstić information content (AvgIpc) is 3.39. The maximum absolute atomic E-state index is 6.50. The van der Waals surface area contributed by atoms with Crippen LogP contribution >= 0.6 is 11.6 Å². The number of halogens is 1. The van der Waals surface area contributed by atoms with Gasteiger partial charge in [-0.3, -0.25) is 0 Å². The Morgan fingerprint density at radius 2 is 1.73 bits per heavy atom. The number of hydrogen-bond donors (Lipinski definition) is 2. The number of unbranched alkanes of at least 4 members (excludes halogenated alkanes) is 2. The molecule has 2 atom stereocenters. The lowest BCUT2D eigenvalue weighted by Crippen LogP contribution is -2.33. The molecule has 0 radical (unpaired) electrons. The van der Waals surface area contributed by atoms with Gasteiger partial charge >= 0.3 is 0 Å². The summed E-state index contributed by atoms with van der Waals surface area (Å²) in [5.41, 5.74) is 10.1. The molecule has 1 aliphatic heterocycles. The molecule has 1 aliphatic rings. The Balaban J connectivity index is 0.000000883. The number of benzene rings is 1. The summed E-state index contributed by atoms with van der Waals surface area (Å²) < 4.78 is 2.03. The lowest BCUT2D eigenvalue weighted by atomic mass is 9.75. The number of nitrogens with two attached hydrogens (primary N) is 1. The SMILES string of the molecule is C=C(c1cc(Cl)ccc1C(C/C=C\C=C/N)C1CCN(C)CC1)C(NC)c1cncn1C.CCCC.CCCC. The van der Waals surface area contributed by atoms with Crippen LogP contribution in [0.25, 0.3) is 5.57 Å². The molecule has 0 saturated carbocycles. The van der Waals surface area contributed by atoms with Gasteiger partial charge in [0.05, 0.1) is 24.3 Å². The van der Waals surface area contributed by atoms with Crippen LogP contribution in [0.1, 0.15) is 101 Å². The van der Waals surface area contributed by atoms with E-state index in [4.69, 9.17) is 17.3 Å². The molecule has 3 rings (SSSR count). The van der Waals surface area contributed by atoms with Crippen molar-refractivity contribution in [1.82, 2.24) is 19.8 Å². The minimum atomic E-state index is -0.0476. The van der Waals surface area contributed by atoms with Crippen molar-refractivity contribution < 1.29 is 0 Å². The molecule has 6 heteroatoms. The molecule has 0 amide bonds. The lowest BCUT2D eigenvalue weighted by molar-refractivity contribution is 0.198. The fraction of sp³-hybridized carbons (Fsp3) is 0.559. The third kappa shape index (κ3) is 11.6. The first-order valence-electron chi connectivity index (χ1n) is 15.1. The van der Waals surface area contributed by atoms with E-state index in [1.807, 2.05) is 49.4 Å². The summed E-state index contributed by atoms with van der Waals surface area (Å²) in [6.45, 7) is 15.5.